The molecule has 1 aliphatic heterocycles. The maximum Gasteiger partial charge on any atom is 0.417 e. The maximum atomic E-state index is 12.8. The second-order valence-corrected chi connectivity index (χ2v) is 3.98. The van der Waals surface area contributed by atoms with Crippen molar-refractivity contribution in [1.29, 1.82) is 0 Å². The van der Waals surface area contributed by atoms with E-state index in [9.17, 15) is 22.8 Å². The minimum absolute atomic E-state index is 0.0247. The zero-order valence-corrected chi connectivity index (χ0v) is 9.63. The van der Waals surface area contributed by atoms with E-state index in [0.29, 0.717) is 0 Å². The molecule has 0 aliphatic carbocycles. The summed E-state index contributed by atoms with van der Waals surface area (Å²) in [5.74, 6) is -3.41. The Bertz CT molecular complexity index is 339. The molecule has 4 nitrogen and oxygen atoms in total. The van der Waals surface area contributed by atoms with E-state index >= 15 is 0 Å². The first kappa shape index (κ1) is 14.0. The van der Waals surface area contributed by atoms with Crippen molar-refractivity contribution in [3.05, 3.63) is 0 Å². The second-order valence-electron chi connectivity index (χ2n) is 3.98. The number of rotatable bonds is 2. The summed E-state index contributed by atoms with van der Waals surface area (Å²) in [5.41, 5.74) is -2.64. The van der Waals surface area contributed by atoms with Crippen molar-refractivity contribution < 1.29 is 32.2 Å². The van der Waals surface area contributed by atoms with Crippen molar-refractivity contribution in [3.63, 3.8) is 0 Å². The number of ketones is 1. The minimum atomic E-state index is -4.72. The molecule has 0 aromatic heterocycles. The van der Waals surface area contributed by atoms with Gasteiger partial charge in [-0.05, 0) is 13.8 Å². The Morgan fingerprint density at radius 3 is 2.41 bits per heavy atom. The summed E-state index contributed by atoms with van der Waals surface area (Å²) in [6.45, 7) is 3.32. The number of carbonyl (C=O) groups is 2. The van der Waals surface area contributed by atoms with Crippen LogP contribution < -0.4 is 0 Å². The smallest absolute Gasteiger partial charge is 0.417 e. The van der Waals surface area contributed by atoms with Gasteiger partial charge in [0, 0.05) is 0 Å². The van der Waals surface area contributed by atoms with Gasteiger partial charge in [0.05, 0.1) is 12.5 Å². The zero-order chi connectivity index (χ0) is 13.4. The molecule has 17 heavy (non-hydrogen) atoms. The highest BCUT2D eigenvalue weighted by molar-refractivity contribution is 6.05. The monoisotopic (exact) mass is 254 g/mol. The summed E-state index contributed by atoms with van der Waals surface area (Å²) in [4.78, 5) is 22.8. The van der Waals surface area contributed by atoms with Gasteiger partial charge in [-0.3, -0.25) is 4.79 Å². The number of esters is 1. The molecule has 3 atom stereocenters. The molecule has 0 amide bonds. The Balaban J connectivity index is 2.98. The number of hydrogen-bond donors (Lipinski definition) is 0. The maximum absolute atomic E-state index is 12.8. The van der Waals surface area contributed by atoms with E-state index in [1.165, 1.54) is 6.92 Å². The summed E-state index contributed by atoms with van der Waals surface area (Å²) in [5, 5.41) is 0. The molecular formula is C10H13F3O4. The van der Waals surface area contributed by atoms with Crippen LogP contribution in [0.2, 0.25) is 0 Å². The number of hydrogen-bond acceptors (Lipinski definition) is 4. The van der Waals surface area contributed by atoms with Crippen LogP contribution in [0.1, 0.15) is 20.8 Å². The third kappa shape index (κ3) is 2.15. The summed E-state index contributed by atoms with van der Waals surface area (Å²) < 4.78 is 47.4. The topological polar surface area (TPSA) is 52.6 Å². The number of carbonyl (C=O) groups excluding carboxylic acids is 2. The predicted molar refractivity (Wildman–Crippen MR) is 50.1 cm³/mol. The fourth-order valence-corrected chi connectivity index (χ4v) is 1.60. The van der Waals surface area contributed by atoms with Crippen molar-refractivity contribution >= 4 is 11.8 Å². The summed E-state index contributed by atoms with van der Waals surface area (Å²) >= 11 is 0. The molecule has 0 spiro atoms. The quantitative estimate of drug-likeness (QED) is 0.553. The van der Waals surface area contributed by atoms with Crippen LogP contribution >= 0.6 is 0 Å². The van der Waals surface area contributed by atoms with Crippen LogP contribution in [0, 0.1) is 5.92 Å². The first-order chi connectivity index (χ1) is 7.65. The highest BCUT2D eigenvalue weighted by atomic mass is 19.4. The van der Waals surface area contributed by atoms with Crippen molar-refractivity contribution in [3.8, 4) is 0 Å². The van der Waals surface area contributed by atoms with Crippen molar-refractivity contribution in [2.75, 3.05) is 6.61 Å². The molecule has 1 aliphatic rings. The molecule has 1 unspecified atom stereocenters. The third-order valence-corrected chi connectivity index (χ3v) is 2.94. The zero-order valence-electron chi connectivity index (χ0n) is 9.63. The van der Waals surface area contributed by atoms with Gasteiger partial charge in [-0.15, -0.1) is 0 Å². The van der Waals surface area contributed by atoms with Gasteiger partial charge < -0.3 is 9.47 Å². The van der Waals surface area contributed by atoms with Gasteiger partial charge in [0.2, 0.25) is 6.10 Å². The third-order valence-electron chi connectivity index (χ3n) is 2.94. The molecule has 0 aromatic carbocycles. The first-order valence-corrected chi connectivity index (χ1v) is 5.10. The first-order valence-electron chi connectivity index (χ1n) is 5.10. The molecular weight excluding hydrogens is 241 g/mol. The Morgan fingerprint density at radius 1 is 1.53 bits per heavy atom. The van der Waals surface area contributed by atoms with E-state index in [4.69, 9.17) is 0 Å². The lowest BCUT2D eigenvalue weighted by Gasteiger charge is -2.29. The molecule has 0 bridgehead atoms. The van der Waals surface area contributed by atoms with E-state index < -0.39 is 35.6 Å². The molecule has 1 heterocycles. The summed E-state index contributed by atoms with van der Waals surface area (Å²) in [6, 6.07) is 0. The minimum Gasteiger partial charge on any atom is -0.464 e. The van der Waals surface area contributed by atoms with E-state index in [2.05, 4.69) is 9.47 Å². The van der Waals surface area contributed by atoms with Crippen LogP contribution in [0.3, 0.4) is 0 Å². The SMILES string of the molecule is CCOC(=O)[C@H]1OC(C)(C(F)(F)F)[C@@H](C)C1=O. The standard InChI is InChI=1S/C10H13F3O4/c1-4-16-8(15)7-6(14)5(2)9(3,17-7)10(11,12)13/h5,7H,4H2,1-3H3/t5-,7-,9?/m0/s1. The second kappa shape index (κ2) is 4.29. The molecule has 1 fully saturated rings. The van der Waals surface area contributed by atoms with Gasteiger partial charge in [-0.2, -0.15) is 13.2 Å². The Kier molecular flexibility index (Phi) is 3.52. The average Bonchev–Trinajstić information content (AvgIpc) is 2.43. The number of Topliss-reactive ketones (excluding diaryl/α,β-unsaturated/α-hetero) is 1. The van der Waals surface area contributed by atoms with Crippen LogP contribution in [-0.4, -0.2) is 36.2 Å². The number of alkyl halides is 3. The van der Waals surface area contributed by atoms with E-state index in [1.807, 2.05) is 0 Å². The van der Waals surface area contributed by atoms with Crippen molar-refractivity contribution in [2.24, 2.45) is 5.92 Å². The highest BCUT2D eigenvalue weighted by Crippen LogP contribution is 2.45. The van der Waals surface area contributed by atoms with Crippen LogP contribution in [-0.2, 0) is 19.1 Å². The lowest BCUT2D eigenvalue weighted by Crippen LogP contribution is -2.47. The van der Waals surface area contributed by atoms with E-state index in [1.54, 1.807) is 0 Å². The largest absolute Gasteiger partial charge is 0.464 e. The molecule has 0 saturated carbocycles. The van der Waals surface area contributed by atoms with Crippen LogP contribution in [0.25, 0.3) is 0 Å². The average molecular weight is 254 g/mol. The molecule has 0 aromatic rings. The van der Waals surface area contributed by atoms with Crippen LogP contribution in [0.4, 0.5) is 13.2 Å². The van der Waals surface area contributed by atoms with Gasteiger partial charge >= 0.3 is 12.1 Å². The molecule has 98 valence electrons. The fourth-order valence-electron chi connectivity index (χ4n) is 1.60. The summed E-state index contributed by atoms with van der Waals surface area (Å²) in [7, 11) is 0. The Morgan fingerprint density at radius 2 is 2.06 bits per heavy atom. The molecule has 0 radical (unpaired) electrons. The van der Waals surface area contributed by atoms with Crippen molar-refractivity contribution in [1.82, 2.24) is 0 Å². The fraction of sp³-hybridized carbons (Fsp3) is 0.800. The normalized spacial score (nSPS) is 33.9. The molecule has 1 rings (SSSR count). The molecule has 1 saturated heterocycles. The summed E-state index contributed by atoms with van der Waals surface area (Å²) in [6.07, 6.45) is -6.50. The van der Waals surface area contributed by atoms with E-state index in [-0.39, 0.29) is 6.61 Å². The van der Waals surface area contributed by atoms with E-state index in [0.717, 1.165) is 13.8 Å². The lowest BCUT2D eigenvalue weighted by atomic mass is 9.88. The predicted octanol–water partition coefficient (Wildman–Crippen LogP) is 1.47. The number of ether oxygens (including phenoxy) is 2. The Hall–Kier alpha value is -1.11. The van der Waals surface area contributed by atoms with Gasteiger partial charge in [-0.25, -0.2) is 4.79 Å². The van der Waals surface area contributed by atoms with Crippen LogP contribution in [0.5, 0.6) is 0 Å². The van der Waals surface area contributed by atoms with Crippen molar-refractivity contribution in [2.45, 2.75) is 38.7 Å². The van der Waals surface area contributed by atoms with Gasteiger partial charge in [0.15, 0.2) is 11.4 Å². The lowest BCUT2D eigenvalue weighted by molar-refractivity contribution is -0.274. The van der Waals surface area contributed by atoms with Crippen LogP contribution in [0.15, 0.2) is 0 Å². The highest BCUT2D eigenvalue weighted by Gasteiger charge is 2.65. The van der Waals surface area contributed by atoms with Gasteiger partial charge in [0.25, 0.3) is 0 Å². The number of halogens is 3. The molecule has 7 heteroatoms. The molecule has 0 N–H and O–H groups in total. The Labute approximate surface area is 96.1 Å². The van der Waals surface area contributed by atoms with Gasteiger partial charge in [-0.1, -0.05) is 6.92 Å². The van der Waals surface area contributed by atoms with Gasteiger partial charge in [0.1, 0.15) is 0 Å².